The maximum atomic E-state index is 12.0. The van der Waals surface area contributed by atoms with Gasteiger partial charge in [0.1, 0.15) is 12.6 Å². The van der Waals surface area contributed by atoms with E-state index in [1.165, 1.54) is 0 Å². The minimum Gasteiger partial charge on any atom is -0.464 e. The summed E-state index contributed by atoms with van der Waals surface area (Å²) in [5, 5.41) is 2.61. The third-order valence-corrected chi connectivity index (χ3v) is 3.40. The molecule has 0 fully saturated rings. The van der Waals surface area contributed by atoms with Gasteiger partial charge in [-0.05, 0) is 17.9 Å². The van der Waals surface area contributed by atoms with Crippen molar-refractivity contribution in [3.8, 4) is 0 Å². The number of esters is 1. The van der Waals surface area contributed by atoms with Crippen molar-refractivity contribution in [3.63, 3.8) is 0 Å². The summed E-state index contributed by atoms with van der Waals surface area (Å²) in [4.78, 5) is 23.9. The van der Waals surface area contributed by atoms with Crippen LogP contribution in [0.5, 0.6) is 0 Å². The van der Waals surface area contributed by atoms with Gasteiger partial charge in [0.05, 0.1) is 6.61 Å². The van der Waals surface area contributed by atoms with Crippen molar-refractivity contribution < 1.29 is 19.1 Å². The molecule has 2 unspecified atom stereocenters. The van der Waals surface area contributed by atoms with Gasteiger partial charge in [-0.3, -0.25) is 0 Å². The minimum atomic E-state index is -0.681. The molecule has 1 N–H and O–H groups in total. The molecular formula is C17H25NO4. The molecule has 1 amide bonds. The van der Waals surface area contributed by atoms with Crippen LogP contribution in [0.2, 0.25) is 0 Å². The average Bonchev–Trinajstić information content (AvgIpc) is 2.55. The summed E-state index contributed by atoms with van der Waals surface area (Å²) in [6.07, 6.45) is 0.894. The lowest BCUT2D eigenvalue weighted by molar-refractivity contribution is -0.147. The van der Waals surface area contributed by atoms with Crippen LogP contribution in [-0.4, -0.2) is 24.7 Å². The summed E-state index contributed by atoms with van der Waals surface area (Å²) in [7, 11) is 0. The van der Waals surface area contributed by atoms with E-state index in [-0.39, 0.29) is 12.5 Å². The zero-order chi connectivity index (χ0) is 16.4. The summed E-state index contributed by atoms with van der Waals surface area (Å²) >= 11 is 0. The van der Waals surface area contributed by atoms with Crippen molar-refractivity contribution in [2.24, 2.45) is 5.92 Å². The van der Waals surface area contributed by atoms with E-state index in [4.69, 9.17) is 9.47 Å². The SMILES string of the molecule is CCCOC(=O)C(NC(=O)OCc1ccccc1)C(C)CC. The van der Waals surface area contributed by atoms with Gasteiger partial charge in [-0.25, -0.2) is 9.59 Å². The lowest BCUT2D eigenvalue weighted by Crippen LogP contribution is -2.46. The van der Waals surface area contributed by atoms with E-state index in [0.717, 1.165) is 18.4 Å². The van der Waals surface area contributed by atoms with E-state index < -0.39 is 18.1 Å². The molecule has 5 nitrogen and oxygen atoms in total. The van der Waals surface area contributed by atoms with Crippen molar-refractivity contribution >= 4 is 12.1 Å². The number of nitrogens with one attached hydrogen (secondary N) is 1. The van der Waals surface area contributed by atoms with Crippen LogP contribution >= 0.6 is 0 Å². The smallest absolute Gasteiger partial charge is 0.408 e. The number of rotatable bonds is 8. The Morgan fingerprint density at radius 1 is 1.14 bits per heavy atom. The maximum Gasteiger partial charge on any atom is 0.408 e. The first kappa shape index (κ1) is 18.0. The number of carbonyl (C=O) groups is 2. The lowest BCUT2D eigenvalue weighted by atomic mass is 9.99. The normalized spacial score (nSPS) is 13.0. The van der Waals surface area contributed by atoms with Crippen LogP contribution in [0, 0.1) is 5.92 Å². The highest BCUT2D eigenvalue weighted by Gasteiger charge is 2.27. The molecule has 0 saturated carbocycles. The number of amides is 1. The summed E-state index contributed by atoms with van der Waals surface area (Å²) in [6, 6.07) is 8.71. The van der Waals surface area contributed by atoms with Gasteiger partial charge in [0.2, 0.25) is 0 Å². The molecule has 1 rings (SSSR count). The predicted octanol–water partition coefficient (Wildman–Crippen LogP) is 3.28. The third kappa shape index (κ3) is 6.16. The van der Waals surface area contributed by atoms with Gasteiger partial charge < -0.3 is 14.8 Å². The van der Waals surface area contributed by atoms with E-state index in [9.17, 15) is 9.59 Å². The second kappa shape index (κ2) is 9.82. The van der Waals surface area contributed by atoms with Crippen LogP contribution in [0.1, 0.15) is 39.2 Å². The van der Waals surface area contributed by atoms with Gasteiger partial charge in [-0.1, -0.05) is 57.5 Å². The fraction of sp³-hybridized carbons (Fsp3) is 0.529. The molecule has 5 heteroatoms. The Morgan fingerprint density at radius 2 is 1.82 bits per heavy atom. The Hall–Kier alpha value is -2.04. The van der Waals surface area contributed by atoms with Gasteiger partial charge in [0.25, 0.3) is 0 Å². The number of benzene rings is 1. The predicted molar refractivity (Wildman–Crippen MR) is 84.3 cm³/mol. The van der Waals surface area contributed by atoms with E-state index >= 15 is 0 Å². The highest BCUT2D eigenvalue weighted by Crippen LogP contribution is 2.10. The Bertz CT molecular complexity index is 461. The molecule has 1 aromatic carbocycles. The first-order valence-electron chi connectivity index (χ1n) is 7.72. The van der Waals surface area contributed by atoms with Crippen molar-refractivity contribution in [2.45, 2.75) is 46.3 Å². The van der Waals surface area contributed by atoms with Crippen molar-refractivity contribution in [1.82, 2.24) is 5.32 Å². The van der Waals surface area contributed by atoms with Crippen molar-refractivity contribution in [1.29, 1.82) is 0 Å². The van der Waals surface area contributed by atoms with Crippen LogP contribution in [0.4, 0.5) is 4.79 Å². The Kier molecular flexibility index (Phi) is 8.04. The van der Waals surface area contributed by atoms with Crippen molar-refractivity contribution in [2.75, 3.05) is 6.61 Å². The first-order valence-corrected chi connectivity index (χ1v) is 7.72. The minimum absolute atomic E-state index is 0.0198. The Labute approximate surface area is 132 Å². The van der Waals surface area contributed by atoms with Gasteiger partial charge >= 0.3 is 12.1 Å². The first-order chi connectivity index (χ1) is 10.6. The molecule has 0 aliphatic carbocycles. The molecule has 2 atom stereocenters. The molecule has 22 heavy (non-hydrogen) atoms. The quantitative estimate of drug-likeness (QED) is 0.749. The molecule has 0 bridgehead atoms. The molecule has 0 spiro atoms. The zero-order valence-corrected chi connectivity index (χ0v) is 13.5. The number of ether oxygens (including phenoxy) is 2. The van der Waals surface area contributed by atoms with E-state index in [0.29, 0.717) is 6.61 Å². The number of alkyl carbamates (subject to hydrolysis) is 1. The molecule has 1 aromatic rings. The van der Waals surface area contributed by atoms with Crippen LogP contribution < -0.4 is 5.32 Å². The van der Waals surface area contributed by atoms with Gasteiger partial charge in [0, 0.05) is 0 Å². The summed E-state index contributed by atoms with van der Waals surface area (Å²) in [5.41, 5.74) is 0.895. The van der Waals surface area contributed by atoms with Crippen LogP contribution in [0.15, 0.2) is 30.3 Å². The second-order valence-electron chi connectivity index (χ2n) is 5.24. The fourth-order valence-corrected chi connectivity index (χ4v) is 1.85. The molecule has 0 heterocycles. The molecule has 0 aromatic heterocycles. The van der Waals surface area contributed by atoms with E-state index in [1.54, 1.807) is 0 Å². The second-order valence-corrected chi connectivity index (χ2v) is 5.24. The van der Waals surface area contributed by atoms with Gasteiger partial charge in [-0.15, -0.1) is 0 Å². The van der Waals surface area contributed by atoms with Crippen molar-refractivity contribution in [3.05, 3.63) is 35.9 Å². The lowest BCUT2D eigenvalue weighted by Gasteiger charge is -2.22. The van der Waals surface area contributed by atoms with E-state index in [1.807, 2.05) is 51.1 Å². The number of hydrogen-bond acceptors (Lipinski definition) is 4. The number of hydrogen-bond donors (Lipinski definition) is 1. The van der Waals surface area contributed by atoms with Crippen LogP contribution in [0.25, 0.3) is 0 Å². The topological polar surface area (TPSA) is 64.6 Å². The monoisotopic (exact) mass is 307 g/mol. The molecule has 0 aliphatic heterocycles. The molecular weight excluding hydrogens is 282 g/mol. The van der Waals surface area contributed by atoms with Gasteiger partial charge in [0.15, 0.2) is 0 Å². The third-order valence-electron chi connectivity index (χ3n) is 3.40. The number of carbonyl (C=O) groups excluding carboxylic acids is 2. The average molecular weight is 307 g/mol. The maximum absolute atomic E-state index is 12.0. The molecule has 0 saturated heterocycles. The standard InChI is InChI=1S/C17H25NO4/c1-4-11-21-16(19)15(13(3)5-2)18-17(20)22-12-14-9-7-6-8-10-14/h6-10,13,15H,4-5,11-12H2,1-3H3,(H,18,20). The Morgan fingerprint density at radius 3 is 2.41 bits per heavy atom. The summed E-state index contributed by atoms with van der Waals surface area (Å²) < 4.78 is 10.3. The highest BCUT2D eigenvalue weighted by atomic mass is 16.6. The van der Waals surface area contributed by atoms with Gasteiger partial charge in [-0.2, -0.15) is 0 Å². The van der Waals surface area contributed by atoms with E-state index in [2.05, 4.69) is 5.32 Å². The Balaban J connectivity index is 2.53. The molecule has 0 radical (unpaired) electrons. The summed E-state index contributed by atoms with van der Waals surface area (Å²) in [6.45, 7) is 6.31. The van der Waals surface area contributed by atoms with Crippen LogP contribution in [0.3, 0.4) is 0 Å². The van der Waals surface area contributed by atoms with Crippen LogP contribution in [-0.2, 0) is 20.9 Å². The molecule has 122 valence electrons. The highest BCUT2D eigenvalue weighted by molar-refractivity contribution is 5.81. The summed E-state index contributed by atoms with van der Waals surface area (Å²) in [5.74, 6) is -0.429. The molecule has 0 aliphatic rings. The largest absolute Gasteiger partial charge is 0.464 e. The fourth-order valence-electron chi connectivity index (χ4n) is 1.85. The zero-order valence-electron chi connectivity index (χ0n) is 13.5.